The van der Waals surface area contributed by atoms with E-state index in [-0.39, 0.29) is 12.1 Å². The highest BCUT2D eigenvalue weighted by atomic mass is 79.9. The molecule has 4 nitrogen and oxygen atoms in total. The molecule has 0 unspecified atom stereocenters. The lowest BCUT2D eigenvalue weighted by molar-refractivity contribution is 0.237. The average Bonchev–Trinajstić information content (AvgIpc) is 2.83. The molecule has 0 fully saturated rings. The number of pyridine rings is 1. The minimum absolute atomic E-state index is 0.115. The monoisotopic (exact) mass is 339 g/mol. The molecule has 0 aliphatic heterocycles. The zero-order valence-electron chi connectivity index (χ0n) is 10.4. The van der Waals surface area contributed by atoms with Gasteiger partial charge in [0.15, 0.2) is 0 Å². The molecule has 0 aliphatic carbocycles. The maximum absolute atomic E-state index is 11.7. The van der Waals surface area contributed by atoms with Gasteiger partial charge in [-0.15, -0.1) is 11.3 Å². The van der Waals surface area contributed by atoms with Gasteiger partial charge < -0.3 is 10.6 Å². The van der Waals surface area contributed by atoms with Crippen molar-refractivity contribution in [1.82, 2.24) is 15.6 Å². The molecule has 2 aromatic heterocycles. The van der Waals surface area contributed by atoms with Gasteiger partial charge in [0, 0.05) is 20.9 Å². The third kappa shape index (κ3) is 4.33. The van der Waals surface area contributed by atoms with Crippen molar-refractivity contribution >= 4 is 33.3 Å². The molecular formula is C13H14BrN3OS. The summed E-state index contributed by atoms with van der Waals surface area (Å²) in [6.07, 6.45) is 1.72. The highest BCUT2D eigenvalue weighted by molar-refractivity contribution is 9.10. The van der Waals surface area contributed by atoms with Crippen LogP contribution in [0.25, 0.3) is 0 Å². The second-order valence-corrected chi connectivity index (χ2v) is 5.95. The Morgan fingerprint density at radius 1 is 1.53 bits per heavy atom. The summed E-state index contributed by atoms with van der Waals surface area (Å²) in [7, 11) is 0. The molecule has 0 bridgehead atoms. The van der Waals surface area contributed by atoms with Crippen LogP contribution in [-0.2, 0) is 6.54 Å². The SMILES string of the molecule is C[C@H](NC(=O)NCc1cc(Br)cs1)c1ccccn1. The molecule has 0 spiro atoms. The lowest BCUT2D eigenvalue weighted by atomic mass is 10.2. The number of carbonyl (C=O) groups is 1. The number of nitrogens with one attached hydrogen (secondary N) is 2. The molecule has 1 atom stereocenters. The Balaban J connectivity index is 1.81. The number of carbonyl (C=O) groups excluding carboxylic acids is 1. The van der Waals surface area contributed by atoms with Gasteiger partial charge in [0.1, 0.15) is 0 Å². The minimum Gasteiger partial charge on any atom is -0.333 e. The summed E-state index contributed by atoms with van der Waals surface area (Å²) in [5.74, 6) is 0. The Morgan fingerprint density at radius 2 is 2.37 bits per heavy atom. The predicted octanol–water partition coefficient (Wildman–Crippen LogP) is 3.47. The lowest BCUT2D eigenvalue weighted by Gasteiger charge is -2.13. The Kier molecular flexibility index (Phi) is 4.93. The van der Waals surface area contributed by atoms with Gasteiger partial charge in [-0.1, -0.05) is 6.07 Å². The van der Waals surface area contributed by atoms with E-state index in [1.54, 1.807) is 17.5 Å². The molecule has 2 amide bonds. The van der Waals surface area contributed by atoms with Crippen LogP contribution in [0.5, 0.6) is 0 Å². The van der Waals surface area contributed by atoms with Crippen molar-refractivity contribution < 1.29 is 4.79 Å². The van der Waals surface area contributed by atoms with Gasteiger partial charge in [-0.25, -0.2) is 4.79 Å². The Hall–Kier alpha value is -1.40. The van der Waals surface area contributed by atoms with Crippen molar-refractivity contribution in [2.45, 2.75) is 19.5 Å². The fourth-order valence-electron chi connectivity index (χ4n) is 1.57. The van der Waals surface area contributed by atoms with Crippen LogP contribution in [0.2, 0.25) is 0 Å². The predicted molar refractivity (Wildman–Crippen MR) is 80.0 cm³/mol. The highest BCUT2D eigenvalue weighted by Crippen LogP contribution is 2.19. The van der Waals surface area contributed by atoms with Crippen molar-refractivity contribution in [2.75, 3.05) is 0 Å². The van der Waals surface area contributed by atoms with E-state index in [4.69, 9.17) is 0 Å². The summed E-state index contributed by atoms with van der Waals surface area (Å²) in [6, 6.07) is 7.33. The molecule has 2 aromatic rings. The number of hydrogen-bond donors (Lipinski definition) is 2. The van der Waals surface area contributed by atoms with Crippen LogP contribution in [0.4, 0.5) is 4.79 Å². The smallest absolute Gasteiger partial charge is 0.315 e. The Labute approximate surface area is 124 Å². The molecule has 0 saturated carbocycles. The van der Waals surface area contributed by atoms with Gasteiger partial charge in [-0.05, 0) is 41.1 Å². The summed E-state index contributed by atoms with van der Waals surface area (Å²) in [4.78, 5) is 17.1. The number of thiophene rings is 1. The minimum atomic E-state index is -0.192. The van der Waals surface area contributed by atoms with E-state index in [0.717, 1.165) is 15.0 Å². The molecule has 6 heteroatoms. The lowest BCUT2D eigenvalue weighted by Crippen LogP contribution is -2.36. The third-order valence-corrected chi connectivity index (χ3v) is 4.22. The van der Waals surface area contributed by atoms with Crippen LogP contribution in [0, 0.1) is 0 Å². The summed E-state index contributed by atoms with van der Waals surface area (Å²) in [5, 5.41) is 7.67. The summed E-state index contributed by atoms with van der Waals surface area (Å²) < 4.78 is 1.04. The summed E-state index contributed by atoms with van der Waals surface area (Å²) in [6.45, 7) is 2.43. The van der Waals surface area contributed by atoms with Gasteiger partial charge in [0.05, 0.1) is 18.3 Å². The number of amides is 2. The van der Waals surface area contributed by atoms with Crippen LogP contribution < -0.4 is 10.6 Å². The van der Waals surface area contributed by atoms with E-state index in [1.165, 1.54) is 0 Å². The molecule has 2 heterocycles. The number of urea groups is 1. The van der Waals surface area contributed by atoms with Crippen molar-refractivity contribution in [3.63, 3.8) is 0 Å². The molecule has 0 radical (unpaired) electrons. The van der Waals surface area contributed by atoms with Gasteiger partial charge >= 0.3 is 6.03 Å². The first-order valence-corrected chi connectivity index (χ1v) is 7.50. The van der Waals surface area contributed by atoms with Gasteiger partial charge in [0.25, 0.3) is 0 Å². The molecule has 2 rings (SSSR count). The van der Waals surface area contributed by atoms with Crippen molar-refractivity contribution in [1.29, 1.82) is 0 Å². The van der Waals surface area contributed by atoms with Crippen LogP contribution in [0.1, 0.15) is 23.5 Å². The largest absolute Gasteiger partial charge is 0.333 e. The van der Waals surface area contributed by atoms with Gasteiger partial charge in [0.2, 0.25) is 0 Å². The molecule has 0 aliphatic rings. The summed E-state index contributed by atoms with van der Waals surface area (Å²) in [5.41, 5.74) is 0.844. The quantitative estimate of drug-likeness (QED) is 0.896. The maximum Gasteiger partial charge on any atom is 0.315 e. The van der Waals surface area contributed by atoms with E-state index >= 15 is 0 Å². The number of rotatable bonds is 4. The van der Waals surface area contributed by atoms with Crippen LogP contribution >= 0.6 is 27.3 Å². The van der Waals surface area contributed by atoms with E-state index in [2.05, 4.69) is 31.5 Å². The molecule has 2 N–H and O–H groups in total. The Bertz CT molecular complexity index is 544. The Morgan fingerprint density at radius 3 is 3.00 bits per heavy atom. The molecule has 0 saturated heterocycles. The van der Waals surface area contributed by atoms with Crippen molar-refractivity contribution in [3.8, 4) is 0 Å². The van der Waals surface area contributed by atoms with Crippen LogP contribution in [-0.4, -0.2) is 11.0 Å². The van der Waals surface area contributed by atoms with Gasteiger partial charge in [-0.2, -0.15) is 0 Å². The maximum atomic E-state index is 11.7. The first-order chi connectivity index (χ1) is 9.15. The number of halogens is 1. The normalized spacial score (nSPS) is 11.9. The second-order valence-electron chi connectivity index (χ2n) is 4.03. The summed E-state index contributed by atoms with van der Waals surface area (Å²) >= 11 is 4.99. The molecular weight excluding hydrogens is 326 g/mol. The first kappa shape index (κ1) is 14.0. The van der Waals surface area contributed by atoms with E-state index < -0.39 is 0 Å². The van der Waals surface area contributed by atoms with Crippen molar-refractivity contribution in [3.05, 3.63) is 50.9 Å². The van der Waals surface area contributed by atoms with Gasteiger partial charge in [-0.3, -0.25) is 4.98 Å². The second kappa shape index (κ2) is 6.68. The third-order valence-electron chi connectivity index (χ3n) is 2.52. The number of nitrogens with zero attached hydrogens (tertiary/aromatic N) is 1. The zero-order chi connectivity index (χ0) is 13.7. The van der Waals surface area contributed by atoms with E-state index in [1.807, 2.05) is 36.6 Å². The van der Waals surface area contributed by atoms with Crippen molar-refractivity contribution in [2.24, 2.45) is 0 Å². The molecule has 0 aromatic carbocycles. The first-order valence-electron chi connectivity index (χ1n) is 5.83. The molecule has 100 valence electrons. The van der Waals surface area contributed by atoms with E-state index in [9.17, 15) is 4.79 Å². The van der Waals surface area contributed by atoms with E-state index in [0.29, 0.717) is 6.54 Å². The number of aromatic nitrogens is 1. The standard InChI is InChI=1S/C13H14BrN3OS/c1-9(12-4-2-3-5-15-12)17-13(18)16-7-11-6-10(14)8-19-11/h2-6,8-9H,7H2,1H3,(H2,16,17,18)/t9-/m0/s1. The average molecular weight is 340 g/mol. The fourth-order valence-corrected chi connectivity index (χ4v) is 2.96. The molecule has 19 heavy (non-hydrogen) atoms. The van der Waals surface area contributed by atoms with Crippen LogP contribution in [0.15, 0.2) is 40.3 Å². The highest BCUT2D eigenvalue weighted by Gasteiger charge is 2.09. The number of hydrogen-bond acceptors (Lipinski definition) is 3. The fraction of sp³-hybridized carbons (Fsp3) is 0.231. The van der Waals surface area contributed by atoms with Crippen LogP contribution in [0.3, 0.4) is 0 Å². The zero-order valence-corrected chi connectivity index (χ0v) is 12.8. The topological polar surface area (TPSA) is 54.0 Å².